The molecule has 1 aliphatic rings. The van der Waals surface area contributed by atoms with Gasteiger partial charge < -0.3 is 20.3 Å². The van der Waals surface area contributed by atoms with E-state index in [0.29, 0.717) is 13.0 Å². The minimum atomic E-state index is -0.849. The Morgan fingerprint density at radius 2 is 1.83 bits per heavy atom. The third kappa shape index (κ3) is 3.23. The summed E-state index contributed by atoms with van der Waals surface area (Å²) in [6, 6.07) is 0. The van der Waals surface area contributed by atoms with Gasteiger partial charge in [-0.15, -0.1) is 0 Å². The first-order valence-electron chi connectivity index (χ1n) is 6.89. The van der Waals surface area contributed by atoms with Gasteiger partial charge in [0.05, 0.1) is 5.60 Å². The van der Waals surface area contributed by atoms with Crippen molar-refractivity contribution in [3.8, 4) is 0 Å². The largest absolute Gasteiger partial charge is 0.389 e. The summed E-state index contributed by atoms with van der Waals surface area (Å²) in [6.45, 7) is 4.66. The molecule has 1 aliphatic carbocycles. The predicted molar refractivity (Wildman–Crippen MR) is 72.2 cm³/mol. The average Bonchev–Trinajstić information content (AvgIpc) is 2.37. The second-order valence-electron chi connectivity index (χ2n) is 6.05. The molecular formula is C14H29NO3. The van der Waals surface area contributed by atoms with Crippen LogP contribution in [0.2, 0.25) is 0 Å². The third-order valence-electron chi connectivity index (χ3n) is 4.85. The monoisotopic (exact) mass is 259 g/mol. The van der Waals surface area contributed by atoms with Crippen LogP contribution < -0.4 is 5.73 Å². The Morgan fingerprint density at radius 3 is 2.22 bits per heavy atom. The van der Waals surface area contributed by atoms with Gasteiger partial charge in [0.15, 0.2) is 6.29 Å². The molecule has 1 atom stereocenters. The van der Waals surface area contributed by atoms with Crippen LogP contribution in [0.3, 0.4) is 0 Å². The predicted octanol–water partition coefficient (Wildman–Crippen LogP) is 1.90. The van der Waals surface area contributed by atoms with Gasteiger partial charge in [-0.05, 0) is 25.7 Å². The van der Waals surface area contributed by atoms with Crippen LogP contribution in [-0.2, 0) is 9.47 Å². The highest BCUT2D eigenvalue weighted by Gasteiger charge is 2.48. The second kappa shape index (κ2) is 6.33. The summed E-state index contributed by atoms with van der Waals surface area (Å²) < 4.78 is 10.4. The molecule has 1 fully saturated rings. The summed E-state index contributed by atoms with van der Waals surface area (Å²) in [5, 5.41) is 10.9. The number of hydrogen-bond donors (Lipinski definition) is 2. The minimum Gasteiger partial charge on any atom is -0.389 e. The van der Waals surface area contributed by atoms with Crippen molar-refractivity contribution in [1.29, 1.82) is 0 Å². The highest BCUT2D eigenvalue weighted by molar-refractivity contribution is 4.99. The summed E-state index contributed by atoms with van der Waals surface area (Å²) >= 11 is 0. The van der Waals surface area contributed by atoms with Crippen molar-refractivity contribution < 1.29 is 14.6 Å². The van der Waals surface area contributed by atoms with Crippen molar-refractivity contribution in [2.75, 3.05) is 20.8 Å². The fraction of sp³-hybridized carbons (Fsp3) is 1.00. The van der Waals surface area contributed by atoms with E-state index in [0.717, 1.165) is 31.6 Å². The molecule has 0 bridgehead atoms. The first-order valence-corrected chi connectivity index (χ1v) is 6.89. The molecule has 0 saturated heterocycles. The SMILES string of the molecule is COC(CC(C)(O)C1(CN)CCC(C)CC1)OC. The lowest BCUT2D eigenvalue weighted by Gasteiger charge is -2.49. The van der Waals surface area contributed by atoms with Crippen LogP contribution in [0.4, 0.5) is 0 Å². The van der Waals surface area contributed by atoms with Crippen LogP contribution in [0.1, 0.15) is 46.0 Å². The maximum absolute atomic E-state index is 10.9. The highest BCUT2D eigenvalue weighted by atomic mass is 16.7. The molecule has 0 amide bonds. The van der Waals surface area contributed by atoms with E-state index in [1.165, 1.54) is 0 Å². The minimum absolute atomic E-state index is 0.200. The van der Waals surface area contributed by atoms with E-state index in [1.54, 1.807) is 14.2 Å². The van der Waals surface area contributed by atoms with Crippen molar-refractivity contribution >= 4 is 0 Å². The molecule has 0 spiro atoms. The number of hydrogen-bond acceptors (Lipinski definition) is 4. The van der Waals surface area contributed by atoms with E-state index in [1.807, 2.05) is 6.92 Å². The molecule has 1 saturated carbocycles. The van der Waals surface area contributed by atoms with Gasteiger partial charge in [-0.1, -0.05) is 19.8 Å². The van der Waals surface area contributed by atoms with Gasteiger partial charge in [-0.3, -0.25) is 0 Å². The van der Waals surface area contributed by atoms with Crippen molar-refractivity contribution in [2.24, 2.45) is 17.1 Å². The molecule has 108 valence electrons. The van der Waals surface area contributed by atoms with Gasteiger partial charge in [0, 0.05) is 32.6 Å². The zero-order valence-electron chi connectivity index (χ0n) is 12.2. The smallest absolute Gasteiger partial charge is 0.159 e. The fourth-order valence-electron chi connectivity index (χ4n) is 3.08. The van der Waals surface area contributed by atoms with E-state index >= 15 is 0 Å². The number of aliphatic hydroxyl groups is 1. The van der Waals surface area contributed by atoms with E-state index in [-0.39, 0.29) is 11.7 Å². The maximum atomic E-state index is 10.9. The van der Waals surface area contributed by atoms with Crippen molar-refractivity contribution in [1.82, 2.24) is 0 Å². The zero-order valence-corrected chi connectivity index (χ0v) is 12.2. The van der Waals surface area contributed by atoms with Gasteiger partial charge in [0.25, 0.3) is 0 Å². The summed E-state index contributed by atoms with van der Waals surface area (Å²) in [4.78, 5) is 0. The molecule has 4 nitrogen and oxygen atoms in total. The molecule has 1 rings (SSSR count). The molecule has 0 aromatic heterocycles. The number of ether oxygens (including phenoxy) is 2. The van der Waals surface area contributed by atoms with Crippen LogP contribution in [0, 0.1) is 11.3 Å². The normalized spacial score (nSPS) is 32.5. The Kier molecular flexibility index (Phi) is 5.59. The second-order valence-corrected chi connectivity index (χ2v) is 6.05. The Bertz CT molecular complexity index is 243. The molecule has 18 heavy (non-hydrogen) atoms. The van der Waals surface area contributed by atoms with Crippen molar-refractivity contribution in [3.05, 3.63) is 0 Å². The van der Waals surface area contributed by atoms with Gasteiger partial charge in [0.1, 0.15) is 0 Å². The van der Waals surface area contributed by atoms with Crippen LogP contribution in [0.5, 0.6) is 0 Å². The van der Waals surface area contributed by atoms with Crippen LogP contribution in [-0.4, -0.2) is 37.8 Å². The van der Waals surface area contributed by atoms with Crippen molar-refractivity contribution in [3.63, 3.8) is 0 Å². The van der Waals surface area contributed by atoms with Crippen LogP contribution >= 0.6 is 0 Å². The summed E-state index contributed by atoms with van der Waals surface area (Å²) in [6.07, 6.45) is 4.33. The van der Waals surface area contributed by atoms with Crippen molar-refractivity contribution in [2.45, 2.75) is 57.8 Å². The average molecular weight is 259 g/mol. The lowest BCUT2D eigenvalue weighted by molar-refractivity contribution is -0.177. The zero-order chi connectivity index (χ0) is 13.8. The molecule has 3 N–H and O–H groups in total. The van der Waals surface area contributed by atoms with E-state index in [2.05, 4.69) is 6.92 Å². The van der Waals surface area contributed by atoms with Crippen LogP contribution in [0.15, 0.2) is 0 Å². The standard InChI is InChI=1S/C14H29NO3/c1-11-5-7-14(10-15,8-6-11)13(2,16)9-12(17-3)18-4/h11-12,16H,5-10,15H2,1-4H3. The molecular weight excluding hydrogens is 230 g/mol. The van der Waals surface area contributed by atoms with Gasteiger partial charge in [-0.25, -0.2) is 0 Å². The topological polar surface area (TPSA) is 64.7 Å². The molecule has 1 unspecified atom stereocenters. The van der Waals surface area contributed by atoms with E-state index in [9.17, 15) is 5.11 Å². The lowest BCUT2D eigenvalue weighted by atomic mass is 9.61. The van der Waals surface area contributed by atoms with E-state index < -0.39 is 5.60 Å². The Balaban J connectivity index is 2.78. The summed E-state index contributed by atoms with van der Waals surface area (Å²) in [5.41, 5.74) is 4.94. The van der Waals surface area contributed by atoms with E-state index in [4.69, 9.17) is 15.2 Å². The Morgan fingerprint density at radius 1 is 1.33 bits per heavy atom. The third-order valence-corrected chi connectivity index (χ3v) is 4.85. The molecule has 0 aliphatic heterocycles. The molecule has 0 aromatic carbocycles. The highest BCUT2D eigenvalue weighted by Crippen LogP contribution is 2.47. The quantitative estimate of drug-likeness (QED) is 0.715. The first kappa shape index (κ1) is 15.9. The van der Waals surface area contributed by atoms with Gasteiger partial charge >= 0.3 is 0 Å². The maximum Gasteiger partial charge on any atom is 0.159 e. The molecule has 0 aromatic rings. The summed E-state index contributed by atoms with van der Waals surface area (Å²) in [5.74, 6) is 0.737. The van der Waals surface area contributed by atoms with Gasteiger partial charge in [0.2, 0.25) is 0 Å². The number of rotatable bonds is 6. The van der Waals surface area contributed by atoms with Crippen LogP contribution in [0.25, 0.3) is 0 Å². The van der Waals surface area contributed by atoms with Gasteiger partial charge in [-0.2, -0.15) is 0 Å². The Hall–Kier alpha value is -0.160. The Labute approximate surface area is 111 Å². The molecule has 0 heterocycles. The first-order chi connectivity index (χ1) is 8.40. The fourth-order valence-corrected chi connectivity index (χ4v) is 3.08. The number of nitrogens with two attached hydrogens (primary N) is 1. The molecule has 4 heteroatoms. The number of methoxy groups -OCH3 is 2. The summed E-state index contributed by atoms with van der Waals surface area (Å²) in [7, 11) is 3.20. The molecule has 0 radical (unpaired) electrons. The lowest BCUT2D eigenvalue weighted by Crippen LogP contribution is -2.54.